The number of allylic oxidation sites excluding steroid dienone is 1. The first kappa shape index (κ1) is 17.2. The smallest absolute Gasteiger partial charge is 0.205 e. The molecule has 3 aromatic rings. The highest BCUT2D eigenvalue weighted by molar-refractivity contribution is 9.10. The van der Waals surface area contributed by atoms with Crippen LogP contribution >= 0.6 is 15.9 Å². The van der Waals surface area contributed by atoms with E-state index < -0.39 is 5.92 Å². The zero-order valence-electron chi connectivity index (χ0n) is 14.4. The Balaban J connectivity index is 1.99. The van der Waals surface area contributed by atoms with Gasteiger partial charge in [0, 0.05) is 5.56 Å². The number of halogens is 1. The molecule has 0 radical (unpaired) electrons. The van der Waals surface area contributed by atoms with Gasteiger partial charge in [-0.2, -0.15) is 5.26 Å². The van der Waals surface area contributed by atoms with E-state index in [1.165, 1.54) is 6.39 Å². The minimum Gasteiger partial charge on any atom is -0.493 e. The first-order valence-corrected chi connectivity index (χ1v) is 8.73. The Morgan fingerprint density at radius 2 is 2.07 bits per heavy atom. The van der Waals surface area contributed by atoms with Gasteiger partial charge in [-0.05, 0) is 39.7 Å². The van der Waals surface area contributed by atoms with Crippen LogP contribution in [-0.2, 0) is 0 Å². The summed E-state index contributed by atoms with van der Waals surface area (Å²) in [7, 11) is 3.12. The van der Waals surface area contributed by atoms with Crippen LogP contribution in [0.5, 0.6) is 17.2 Å². The third-order valence-corrected chi connectivity index (χ3v) is 5.06. The molecular formula is C19H14BrN3O4. The van der Waals surface area contributed by atoms with Gasteiger partial charge in [-0.1, -0.05) is 6.07 Å². The summed E-state index contributed by atoms with van der Waals surface area (Å²) < 4.78 is 22.7. The number of nitriles is 1. The Bertz CT molecular complexity index is 1130. The lowest BCUT2D eigenvalue weighted by atomic mass is 9.83. The van der Waals surface area contributed by atoms with Crippen molar-refractivity contribution in [3.63, 3.8) is 0 Å². The summed E-state index contributed by atoms with van der Waals surface area (Å²) in [5.74, 6) is 1.13. The average Bonchev–Trinajstić information content (AvgIpc) is 3.15. The maximum atomic E-state index is 9.72. The summed E-state index contributed by atoms with van der Waals surface area (Å²) in [5.41, 5.74) is 9.05. The summed E-state index contributed by atoms with van der Waals surface area (Å²) >= 11 is 3.50. The van der Waals surface area contributed by atoms with Crippen LogP contribution in [0.25, 0.3) is 11.1 Å². The largest absolute Gasteiger partial charge is 0.493 e. The molecule has 136 valence electrons. The fourth-order valence-corrected chi connectivity index (χ4v) is 3.91. The molecule has 1 aromatic heterocycles. The van der Waals surface area contributed by atoms with E-state index in [0.29, 0.717) is 38.4 Å². The second-order valence-electron chi connectivity index (χ2n) is 5.85. The number of nitrogens with two attached hydrogens (primary N) is 1. The Kier molecular flexibility index (Phi) is 4.16. The molecule has 1 atom stereocenters. The van der Waals surface area contributed by atoms with Crippen LogP contribution in [0.4, 0.5) is 0 Å². The molecular weight excluding hydrogens is 414 g/mol. The zero-order valence-corrected chi connectivity index (χ0v) is 16.0. The van der Waals surface area contributed by atoms with Crippen molar-refractivity contribution >= 4 is 27.0 Å². The quantitative estimate of drug-likeness (QED) is 0.676. The lowest BCUT2D eigenvalue weighted by Crippen LogP contribution is -2.21. The van der Waals surface area contributed by atoms with Gasteiger partial charge in [-0.25, -0.2) is 4.98 Å². The molecule has 4 rings (SSSR count). The Morgan fingerprint density at radius 1 is 1.26 bits per heavy atom. The molecule has 0 amide bonds. The number of ether oxygens (including phenoxy) is 3. The molecule has 0 bridgehead atoms. The van der Waals surface area contributed by atoms with E-state index >= 15 is 0 Å². The molecule has 1 aliphatic rings. The van der Waals surface area contributed by atoms with Crippen molar-refractivity contribution in [2.45, 2.75) is 5.92 Å². The molecule has 0 fully saturated rings. The molecule has 0 saturated carbocycles. The standard InChI is InChI=1S/C19H14BrN3O4/c1-24-14-6-9(5-12(20)17(14)25-2)15-10-3-4-13-18(26-8-23-13)16(10)27-19(22)11(15)7-21/h3-6,8,15H,22H2,1-2H3. The Labute approximate surface area is 163 Å². The molecule has 8 heteroatoms. The van der Waals surface area contributed by atoms with E-state index in [2.05, 4.69) is 27.0 Å². The van der Waals surface area contributed by atoms with Gasteiger partial charge in [0.2, 0.25) is 5.88 Å². The van der Waals surface area contributed by atoms with Gasteiger partial charge in [0.25, 0.3) is 0 Å². The van der Waals surface area contributed by atoms with Crippen molar-refractivity contribution < 1.29 is 18.6 Å². The van der Waals surface area contributed by atoms with E-state index in [1.54, 1.807) is 14.2 Å². The highest BCUT2D eigenvalue weighted by Crippen LogP contribution is 2.48. The molecule has 1 aliphatic heterocycles. The number of nitrogens with zero attached hydrogens (tertiary/aromatic N) is 2. The number of hydrogen-bond acceptors (Lipinski definition) is 7. The van der Waals surface area contributed by atoms with Gasteiger partial charge in [0.1, 0.15) is 17.2 Å². The topological polar surface area (TPSA) is 104 Å². The second kappa shape index (κ2) is 6.52. The third kappa shape index (κ3) is 2.59. The number of aromatic nitrogens is 1. The molecule has 7 nitrogen and oxygen atoms in total. The minimum absolute atomic E-state index is 0.0322. The second-order valence-corrected chi connectivity index (χ2v) is 6.70. The first-order valence-electron chi connectivity index (χ1n) is 7.94. The molecule has 0 spiro atoms. The predicted octanol–water partition coefficient (Wildman–Crippen LogP) is 3.83. The monoisotopic (exact) mass is 427 g/mol. The van der Waals surface area contributed by atoms with E-state index in [1.807, 2.05) is 24.3 Å². The number of fused-ring (bicyclic) bond motifs is 3. The van der Waals surface area contributed by atoms with Crippen molar-refractivity contribution in [1.82, 2.24) is 4.98 Å². The zero-order chi connectivity index (χ0) is 19.1. The molecule has 27 heavy (non-hydrogen) atoms. The highest BCUT2D eigenvalue weighted by atomic mass is 79.9. The lowest BCUT2D eigenvalue weighted by molar-refractivity contribution is 0.352. The van der Waals surface area contributed by atoms with Gasteiger partial charge in [0.05, 0.1) is 24.6 Å². The molecule has 2 aromatic carbocycles. The molecule has 0 aliphatic carbocycles. The van der Waals surface area contributed by atoms with Crippen LogP contribution in [0.15, 0.2) is 51.0 Å². The number of hydrogen-bond donors (Lipinski definition) is 1. The van der Waals surface area contributed by atoms with Crippen LogP contribution in [0.3, 0.4) is 0 Å². The maximum absolute atomic E-state index is 9.72. The summed E-state index contributed by atoms with van der Waals surface area (Å²) in [6, 6.07) is 9.54. The van der Waals surface area contributed by atoms with Crippen molar-refractivity contribution in [3.05, 3.63) is 57.7 Å². The van der Waals surface area contributed by atoms with Gasteiger partial charge < -0.3 is 24.4 Å². The lowest BCUT2D eigenvalue weighted by Gasteiger charge is -2.27. The van der Waals surface area contributed by atoms with Crippen LogP contribution in [0.1, 0.15) is 17.0 Å². The molecule has 2 N–H and O–H groups in total. The summed E-state index contributed by atoms with van der Waals surface area (Å²) in [6.07, 6.45) is 1.34. The number of methoxy groups -OCH3 is 2. The van der Waals surface area contributed by atoms with Gasteiger partial charge >= 0.3 is 0 Å². The average molecular weight is 428 g/mol. The summed E-state index contributed by atoms with van der Waals surface area (Å²) in [4.78, 5) is 4.14. The molecule has 2 heterocycles. The van der Waals surface area contributed by atoms with E-state index in [4.69, 9.17) is 24.4 Å². The van der Waals surface area contributed by atoms with E-state index in [0.717, 1.165) is 11.1 Å². The number of oxazole rings is 1. The van der Waals surface area contributed by atoms with Crippen LogP contribution in [-0.4, -0.2) is 19.2 Å². The molecule has 0 saturated heterocycles. The van der Waals surface area contributed by atoms with Gasteiger partial charge in [0.15, 0.2) is 29.2 Å². The summed E-state index contributed by atoms with van der Waals surface area (Å²) in [6.45, 7) is 0. The van der Waals surface area contributed by atoms with Crippen LogP contribution in [0.2, 0.25) is 0 Å². The Hall–Kier alpha value is -3.18. The fraction of sp³-hybridized carbons (Fsp3) is 0.158. The normalized spacial score (nSPS) is 15.9. The first-order chi connectivity index (χ1) is 13.1. The van der Waals surface area contributed by atoms with Crippen molar-refractivity contribution in [2.24, 2.45) is 5.73 Å². The van der Waals surface area contributed by atoms with Crippen molar-refractivity contribution in [3.8, 4) is 23.3 Å². The van der Waals surface area contributed by atoms with Crippen molar-refractivity contribution in [1.29, 1.82) is 5.26 Å². The Morgan fingerprint density at radius 3 is 2.78 bits per heavy atom. The summed E-state index contributed by atoms with van der Waals surface area (Å²) in [5, 5.41) is 9.72. The SMILES string of the molecule is COc1cc(C2C(C#N)=C(N)Oc3c2ccc2ncoc32)cc(Br)c1OC. The minimum atomic E-state index is -0.454. The number of benzene rings is 2. The van der Waals surface area contributed by atoms with E-state index in [9.17, 15) is 5.26 Å². The maximum Gasteiger partial charge on any atom is 0.205 e. The highest BCUT2D eigenvalue weighted by Gasteiger charge is 2.33. The fourth-order valence-electron chi connectivity index (χ4n) is 3.28. The van der Waals surface area contributed by atoms with Crippen molar-refractivity contribution in [2.75, 3.05) is 14.2 Å². The van der Waals surface area contributed by atoms with Gasteiger partial charge in [-0.3, -0.25) is 0 Å². The third-order valence-electron chi connectivity index (χ3n) is 4.47. The van der Waals surface area contributed by atoms with Gasteiger partial charge in [-0.15, -0.1) is 0 Å². The molecule has 1 unspecified atom stereocenters. The number of rotatable bonds is 3. The van der Waals surface area contributed by atoms with Crippen LogP contribution < -0.4 is 19.9 Å². The van der Waals surface area contributed by atoms with Crippen LogP contribution in [0, 0.1) is 11.3 Å². The predicted molar refractivity (Wildman–Crippen MR) is 101 cm³/mol. The van der Waals surface area contributed by atoms with E-state index in [-0.39, 0.29) is 5.88 Å².